The molecular formula is C124H88N4. The first-order valence-corrected chi connectivity index (χ1v) is 43.9. The fourth-order valence-corrected chi connectivity index (χ4v) is 18.6. The quantitative estimate of drug-likeness (QED) is 0.0705. The molecule has 128 heavy (non-hydrogen) atoms. The Balaban J connectivity index is 0.000000156. The predicted molar refractivity (Wildman–Crippen MR) is 545 cm³/mol. The van der Waals surface area contributed by atoms with Crippen molar-refractivity contribution < 1.29 is 0 Å². The van der Waals surface area contributed by atoms with Gasteiger partial charge in [0.2, 0.25) is 0 Å². The second-order valence-corrected chi connectivity index (χ2v) is 32.2. The monoisotopic (exact) mass is 1630 g/mol. The molecule has 4 heteroatoms. The molecule has 0 atom stereocenters. The summed E-state index contributed by atoms with van der Waals surface area (Å²) < 4.78 is 0. The van der Waals surface area contributed by atoms with Gasteiger partial charge in [-0.3, -0.25) is 0 Å². The first-order chi connectivity index (χ1) is 63.5. The highest BCUT2D eigenvalue weighted by molar-refractivity contribution is 6.24. The summed E-state index contributed by atoms with van der Waals surface area (Å²) in [5.74, 6) is 0. The summed E-state index contributed by atoms with van der Waals surface area (Å²) in [7, 11) is 0. The Hall–Kier alpha value is -16.9. The van der Waals surface area contributed by atoms with Gasteiger partial charge in [-0.15, -0.1) is 0 Å². The summed E-state index contributed by atoms with van der Waals surface area (Å²) in [6.45, 7) is 0. The molecule has 22 rings (SSSR count). The van der Waals surface area contributed by atoms with Crippen LogP contribution in [-0.2, 0) is 0 Å². The Labute approximate surface area is 748 Å². The van der Waals surface area contributed by atoms with Crippen LogP contribution in [0, 0.1) is 0 Å². The van der Waals surface area contributed by atoms with Crippen LogP contribution in [-0.4, -0.2) is 0 Å². The molecule has 0 saturated heterocycles. The van der Waals surface area contributed by atoms with Gasteiger partial charge >= 0.3 is 0 Å². The van der Waals surface area contributed by atoms with E-state index in [1.165, 1.54) is 132 Å². The SMILES string of the molecule is c1ccc(-c2cccc(-c3c4ccccc4c(-c4ccc(N(c5ccccc5)c5ccc(-c6ccc(N(c7ccccc7)c7ccccc7)cc6)cc5)cc4)c4ccccc34)c2)cc1.c1ccc(-c2ccccc2-c2c3ccccc3c(-c3ccc(N(c4ccccc4)c4ccc(-c5ccc(N(c6ccccc6)c6ccccc6)cc5)cc4)cc3)c3ccccc23)cc1. The number of hydrogen-bond donors (Lipinski definition) is 0. The maximum absolute atomic E-state index is 2.34. The van der Waals surface area contributed by atoms with Gasteiger partial charge in [0.15, 0.2) is 0 Å². The molecule has 0 fully saturated rings. The van der Waals surface area contributed by atoms with Crippen LogP contribution in [0.15, 0.2) is 534 Å². The number of rotatable bonds is 20. The molecular weight excluding hydrogens is 1550 g/mol. The van der Waals surface area contributed by atoms with E-state index in [1.54, 1.807) is 0 Å². The van der Waals surface area contributed by atoms with Crippen molar-refractivity contribution in [1.29, 1.82) is 0 Å². The molecule has 0 radical (unpaired) electrons. The van der Waals surface area contributed by atoms with Gasteiger partial charge in [-0.25, -0.2) is 0 Å². The number of anilines is 12. The minimum absolute atomic E-state index is 1.09. The molecule has 22 aromatic rings. The van der Waals surface area contributed by atoms with Crippen molar-refractivity contribution in [3.63, 3.8) is 0 Å². The second-order valence-electron chi connectivity index (χ2n) is 32.2. The van der Waals surface area contributed by atoms with E-state index in [9.17, 15) is 0 Å². The Morgan fingerprint density at radius 1 is 0.0938 bits per heavy atom. The summed E-state index contributed by atoms with van der Waals surface area (Å²) in [6, 6.07) is 192. The molecule has 4 nitrogen and oxygen atoms in total. The van der Waals surface area contributed by atoms with Crippen molar-refractivity contribution in [3.05, 3.63) is 534 Å². The zero-order valence-corrected chi connectivity index (χ0v) is 70.6. The van der Waals surface area contributed by atoms with Gasteiger partial charge in [0.05, 0.1) is 0 Å². The van der Waals surface area contributed by atoms with E-state index < -0.39 is 0 Å². The zero-order valence-electron chi connectivity index (χ0n) is 70.6. The fraction of sp³-hybridized carbons (Fsp3) is 0. The van der Waals surface area contributed by atoms with E-state index in [2.05, 4.69) is 553 Å². The van der Waals surface area contributed by atoms with Crippen LogP contribution in [0.25, 0.3) is 132 Å². The summed E-state index contributed by atoms with van der Waals surface area (Å²) in [4.78, 5) is 9.27. The lowest BCUT2D eigenvalue weighted by Crippen LogP contribution is -2.09. The highest BCUT2D eigenvalue weighted by Crippen LogP contribution is 2.50. The van der Waals surface area contributed by atoms with Gasteiger partial charge in [0.25, 0.3) is 0 Å². The third-order valence-electron chi connectivity index (χ3n) is 24.5. The Morgan fingerprint density at radius 3 is 0.531 bits per heavy atom. The van der Waals surface area contributed by atoms with Crippen LogP contribution in [0.5, 0.6) is 0 Å². The lowest BCUT2D eigenvalue weighted by molar-refractivity contribution is 1.28. The first kappa shape index (κ1) is 78.3. The molecule has 22 aromatic carbocycles. The summed E-state index contributed by atoms with van der Waals surface area (Å²) >= 11 is 0. The molecule has 0 aliphatic heterocycles. The summed E-state index contributed by atoms with van der Waals surface area (Å²) in [5.41, 5.74) is 32.7. The Kier molecular flexibility index (Phi) is 22.0. The lowest BCUT2D eigenvalue weighted by atomic mass is 9.84. The van der Waals surface area contributed by atoms with Crippen LogP contribution in [0.4, 0.5) is 68.2 Å². The van der Waals surface area contributed by atoms with E-state index >= 15 is 0 Å². The molecule has 0 N–H and O–H groups in total. The summed E-state index contributed by atoms with van der Waals surface area (Å²) in [6.07, 6.45) is 0. The van der Waals surface area contributed by atoms with Gasteiger partial charge in [-0.2, -0.15) is 0 Å². The largest absolute Gasteiger partial charge is 0.311 e. The Bertz CT molecular complexity index is 7380. The van der Waals surface area contributed by atoms with E-state index in [4.69, 9.17) is 0 Å². The van der Waals surface area contributed by atoms with Crippen LogP contribution >= 0.6 is 0 Å². The normalized spacial score (nSPS) is 11.1. The highest BCUT2D eigenvalue weighted by Gasteiger charge is 2.24. The highest BCUT2D eigenvalue weighted by atomic mass is 15.2. The average Bonchev–Trinajstić information content (AvgIpc) is 0.726. The van der Waals surface area contributed by atoms with E-state index in [0.717, 1.165) is 68.2 Å². The van der Waals surface area contributed by atoms with Crippen molar-refractivity contribution >= 4 is 111 Å². The maximum atomic E-state index is 2.34. The fourth-order valence-electron chi connectivity index (χ4n) is 18.6. The zero-order chi connectivity index (χ0) is 85.3. The van der Waals surface area contributed by atoms with Crippen LogP contribution < -0.4 is 19.6 Å². The molecule has 0 aromatic heterocycles. The standard InChI is InChI=1S/2C62H44N2/c1-5-18-45(19-6-1)49-20-17-21-50(44-49)62-59-30-15-13-28-57(59)61(58-29-14-16-31-60(58)62)48-36-42-56(43-37-48)64(53-26-11-4-12-27-53)55-40-34-47(35-41-55)46-32-38-54(39-33-46)63(51-22-7-2-8-23-51)52-24-9-3-10-25-52;1-5-19-47(20-6-1)55-27-13-14-28-56(55)62-59-31-17-15-29-57(59)61(58-30-16-18-32-60(58)62)48-37-43-54(44-38-48)64(51-25-11-4-12-26-51)53-41-35-46(36-42-53)45-33-39-52(40-34-45)63(49-21-7-2-8-22-49)50-23-9-3-10-24-50/h2*1-44H. The second kappa shape index (κ2) is 35.9. The van der Waals surface area contributed by atoms with Crippen LogP contribution in [0.1, 0.15) is 0 Å². The van der Waals surface area contributed by atoms with Gasteiger partial charge in [0.1, 0.15) is 0 Å². The minimum Gasteiger partial charge on any atom is -0.311 e. The van der Waals surface area contributed by atoms with E-state index in [-0.39, 0.29) is 0 Å². The third-order valence-corrected chi connectivity index (χ3v) is 24.5. The number of para-hydroxylation sites is 6. The molecule has 0 aliphatic rings. The smallest absolute Gasteiger partial charge is 0.0462 e. The van der Waals surface area contributed by atoms with Crippen molar-refractivity contribution in [2.24, 2.45) is 0 Å². The molecule has 0 saturated carbocycles. The number of hydrogen-bond acceptors (Lipinski definition) is 4. The van der Waals surface area contributed by atoms with E-state index in [0.29, 0.717) is 0 Å². The summed E-state index contributed by atoms with van der Waals surface area (Å²) in [5, 5.41) is 9.94. The van der Waals surface area contributed by atoms with Gasteiger partial charge in [-0.1, -0.05) is 382 Å². The molecule has 0 aliphatic carbocycles. The predicted octanol–water partition coefficient (Wildman–Crippen LogP) is 35.2. The van der Waals surface area contributed by atoms with Gasteiger partial charge < -0.3 is 19.6 Å². The number of nitrogens with zero attached hydrogens (tertiary/aromatic N) is 4. The molecule has 0 heterocycles. The molecule has 0 amide bonds. The molecule has 0 bridgehead atoms. The topological polar surface area (TPSA) is 13.0 Å². The van der Waals surface area contributed by atoms with Crippen molar-refractivity contribution in [1.82, 2.24) is 0 Å². The third kappa shape index (κ3) is 15.8. The first-order valence-electron chi connectivity index (χ1n) is 43.9. The Morgan fingerprint density at radius 2 is 0.266 bits per heavy atom. The van der Waals surface area contributed by atoms with Crippen molar-refractivity contribution in [2.45, 2.75) is 0 Å². The van der Waals surface area contributed by atoms with Crippen molar-refractivity contribution in [3.8, 4) is 89.0 Å². The van der Waals surface area contributed by atoms with Gasteiger partial charge in [-0.05, 0) is 284 Å². The number of benzene rings is 22. The molecule has 604 valence electrons. The number of fused-ring (bicyclic) bond motifs is 4. The lowest BCUT2D eigenvalue weighted by Gasteiger charge is -2.26. The molecule has 0 spiro atoms. The van der Waals surface area contributed by atoms with Crippen LogP contribution in [0.2, 0.25) is 0 Å². The minimum atomic E-state index is 1.09. The van der Waals surface area contributed by atoms with Crippen LogP contribution in [0.3, 0.4) is 0 Å². The van der Waals surface area contributed by atoms with Crippen molar-refractivity contribution in [2.75, 3.05) is 19.6 Å². The maximum Gasteiger partial charge on any atom is 0.0462 e. The van der Waals surface area contributed by atoms with Gasteiger partial charge in [0, 0.05) is 68.2 Å². The average molecular weight is 1630 g/mol. The molecule has 0 unspecified atom stereocenters. The van der Waals surface area contributed by atoms with E-state index in [1.807, 2.05) is 0 Å².